The Hall–Kier alpha value is -0.850. The van der Waals surface area contributed by atoms with E-state index in [0.717, 1.165) is 15.9 Å². The molecular formula is C14H15BrN2OS2. The van der Waals surface area contributed by atoms with Crippen LogP contribution in [-0.4, -0.2) is 19.7 Å². The first-order chi connectivity index (χ1) is 9.38. The number of pyridine rings is 1. The molecule has 0 aliphatic carbocycles. The van der Waals surface area contributed by atoms with E-state index in [-0.39, 0.29) is 0 Å². The number of rotatable bonds is 3. The summed E-state index contributed by atoms with van der Waals surface area (Å²) in [6.45, 7) is 5.73. The van der Waals surface area contributed by atoms with Crippen LogP contribution >= 0.6 is 27.3 Å². The van der Waals surface area contributed by atoms with Gasteiger partial charge in [-0.1, -0.05) is 6.07 Å². The molecule has 0 N–H and O–H groups in total. The number of nitrogens with zero attached hydrogens (tertiary/aromatic N) is 2. The van der Waals surface area contributed by atoms with Crippen molar-refractivity contribution >= 4 is 44.0 Å². The van der Waals surface area contributed by atoms with Crippen LogP contribution in [0.2, 0.25) is 0 Å². The highest BCUT2D eigenvalue weighted by Gasteiger charge is 2.21. The van der Waals surface area contributed by atoms with Crippen LogP contribution in [0.5, 0.6) is 0 Å². The topological polar surface area (TPSA) is 42.3 Å². The van der Waals surface area contributed by atoms with E-state index in [1.807, 2.05) is 55.8 Å². The third kappa shape index (κ3) is 3.84. The second kappa shape index (κ2) is 6.28. The fourth-order valence-electron chi connectivity index (χ4n) is 1.41. The van der Waals surface area contributed by atoms with Crippen molar-refractivity contribution in [3.63, 3.8) is 0 Å². The van der Waals surface area contributed by atoms with Crippen molar-refractivity contribution in [3.05, 3.63) is 50.9 Å². The lowest BCUT2D eigenvalue weighted by molar-refractivity contribution is 0.650. The van der Waals surface area contributed by atoms with Crippen molar-refractivity contribution in [2.45, 2.75) is 25.5 Å². The van der Waals surface area contributed by atoms with Gasteiger partial charge in [0.25, 0.3) is 0 Å². The van der Waals surface area contributed by atoms with Crippen molar-refractivity contribution in [2.24, 2.45) is 4.40 Å². The van der Waals surface area contributed by atoms with E-state index in [1.165, 1.54) is 0 Å². The molecule has 0 radical (unpaired) electrons. The van der Waals surface area contributed by atoms with Crippen molar-refractivity contribution in [1.29, 1.82) is 0 Å². The Balaban J connectivity index is 2.52. The van der Waals surface area contributed by atoms with E-state index >= 15 is 0 Å². The average molecular weight is 371 g/mol. The zero-order valence-corrected chi connectivity index (χ0v) is 14.7. The maximum absolute atomic E-state index is 12.3. The molecule has 0 saturated heterocycles. The number of hydrogen-bond donors (Lipinski definition) is 0. The Morgan fingerprint density at radius 3 is 2.65 bits per heavy atom. The second-order valence-corrected chi connectivity index (χ2v) is 8.66. The molecule has 0 bridgehead atoms. The van der Waals surface area contributed by atoms with Gasteiger partial charge in [-0.15, -0.1) is 0 Å². The van der Waals surface area contributed by atoms with Crippen LogP contribution in [0.25, 0.3) is 0 Å². The van der Waals surface area contributed by atoms with Crippen LogP contribution in [0.3, 0.4) is 0 Å². The van der Waals surface area contributed by atoms with Gasteiger partial charge in [0.15, 0.2) is 0 Å². The summed E-state index contributed by atoms with van der Waals surface area (Å²) in [7, 11) is -1.32. The van der Waals surface area contributed by atoms with Gasteiger partial charge in [0.2, 0.25) is 0 Å². The largest absolute Gasteiger partial charge is 0.239 e. The van der Waals surface area contributed by atoms with E-state index < -0.39 is 15.7 Å². The lowest BCUT2D eigenvalue weighted by Gasteiger charge is -2.14. The molecular weight excluding hydrogens is 356 g/mol. The van der Waals surface area contributed by atoms with Crippen molar-refractivity contribution in [3.8, 4) is 0 Å². The minimum absolute atomic E-state index is 0.396. The quantitative estimate of drug-likeness (QED) is 0.599. The predicted octanol–water partition coefficient (Wildman–Crippen LogP) is 4.21. The molecule has 2 rings (SSSR count). The Labute approximate surface area is 133 Å². The summed E-state index contributed by atoms with van der Waals surface area (Å²) in [4.78, 5) is 4.42. The van der Waals surface area contributed by atoms with Gasteiger partial charge in [0.1, 0.15) is 21.3 Å². The highest BCUT2D eigenvalue weighted by Crippen LogP contribution is 2.19. The molecule has 1 atom stereocenters. The standard InChI is InChI=1S/C14H15BrN2OS2/c1-14(2,3)20(18)17-13(10-7-8-19-9-10)11-5-4-6-12(15)16-11/h4-9H,1-3H3/t20-/m0/s1. The van der Waals surface area contributed by atoms with Crippen LogP contribution < -0.4 is 0 Å². The van der Waals surface area contributed by atoms with Crippen molar-refractivity contribution in [2.75, 3.05) is 0 Å². The molecule has 0 aliphatic rings. The van der Waals surface area contributed by atoms with Gasteiger partial charge in [0.05, 0.1) is 10.4 Å². The van der Waals surface area contributed by atoms with Gasteiger partial charge < -0.3 is 0 Å². The van der Waals surface area contributed by atoms with Crippen molar-refractivity contribution < 1.29 is 4.21 Å². The third-order valence-corrected chi connectivity index (χ3v) is 4.97. The van der Waals surface area contributed by atoms with Crippen LogP contribution in [0, 0.1) is 0 Å². The summed E-state index contributed by atoms with van der Waals surface area (Å²) in [5.74, 6) is 0. The van der Waals surface area contributed by atoms with Gasteiger partial charge >= 0.3 is 0 Å². The number of halogens is 1. The first-order valence-corrected chi connectivity index (χ1v) is 8.88. The Morgan fingerprint density at radius 1 is 1.35 bits per heavy atom. The normalized spacial score (nSPS) is 14.3. The average Bonchev–Trinajstić information content (AvgIpc) is 2.88. The Bertz CT molecular complexity index is 645. The lowest BCUT2D eigenvalue weighted by atomic mass is 10.1. The van der Waals surface area contributed by atoms with Crippen LogP contribution in [0.4, 0.5) is 0 Å². The van der Waals surface area contributed by atoms with Crippen LogP contribution in [0.15, 0.2) is 44.0 Å². The molecule has 3 nitrogen and oxygen atoms in total. The molecule has 0 saturated carbocycles. The van der Waals surface area contributed by atoms with Gasteiger partial charge in [0, 0.05) is 10.9 Å². The monoisotopic (exact) mass is 370 g/mol. The third-order valence-electron chi connectivity index (χ3n) is 2.45. The number of aromatic nitrogens is 1. The number of thiophene rings is 1. The van der Waals surface area contributed by atoms with Crippen molar-refractivity contribution in [1.82, 2.24) is 4.98 Å². The molecule has 0 unspecified atom stereocenters. The molecule has 0 aromatic carbocycles. The zero-order chi connectivity index (χ0) is 14.8. The number of hydrogen-bond acceptors (Lipinski definition) is 3. The lowest BCUT2D eigenvalue weighted by Crippen LogP contribution is -2.21. The maximum Gasteiger partial charge on any atom is 0.145 e. The molecule has 0 amide bonds. The van der Waals surface area contributed by atoms with E-state index in [4.69, 9.17) is 0 Å². The Morgan fingerprint density at radius 2 is 2.10 bits per heavy atom. The predicted molar refractivity (Wildman–Crippen MR) is 89.8 cm³/mol. The molecule has 0 aliphatic heterocycles. The summed E-state index contributed by atoms with van der Waals surface area (Å²) in [5, 5.41) is 3.96. The maximum atomic E-state index is 12.3. The van der Waals surface area contributed by atoms with Crippen LogP contribution in [-0.2, 0) is 11.0 Å². The van der Waals surface area contributed by atoms with Gasteiger partial charge in [-0.05, 0) is 60.3 Å². The van der Waals surface area contributed by atoms with E-state index in [0.29, 0.717) is 5.71 Å². The fourth-order valence-corrected chi connectivity index (χ4v) is 3.03. The molecule has 6 heteroatoms. The highest BCUT2D eigenvalue weighted by molar-refractivity contribution is 9.10. The molecule has 0 spiro atoms. The fraction of sp³-hybridized carbons (Fsp3) is 0.286. The molecule has 106 valence electrons. The molecule has 20 heavy (non-hydrogen) atoms. The van der Waals surface area contributed by atoms with E-state index in [9.17, 15) is 4.21 Å². The van der Waals surface area contributed by atoms with Crippen LogP contribution in [0.1, 0.15) is 32.0 Å². The van der Waals surface area contributed by atoms with Gasteiger partial charge in [-0.3, -0.25) is 0 Å². The Kier molecular flexibility index (Phi) is 4.88. The molecule has 2 aromatic rings. The molecule has 0 fully saturated rings. The van der Waals surface area contributed by atoms with E-state index in [2.05, 4.69) is 25.3 Å². The molecule has 2 aromatic heterocycles. The first kappa shape index (κ1) is 15.5. The zero-order valence-electron chi connectivity index (χ0n) is 11.5. The first-order valence-electron chi connectivity index (χ1n) is 6.04. The summed E-state index contributed by atoms with van der Waals surface area (Å²) < 4.78 is 17.1. The summed E-state index contributed by atoms with van der Waals surface area (Å²) >= 11 is 4.94. The van der Waals surface area contributed by atoms with E-state index in [1.54, 1.807) is 11.3 Å². The minimum atomic E-state index is -1.32. The summed E-state index contributed by atoms with van der Waals surface area (Å²) in [6.07, 6.45) is 0. The summed E-state index contributed by atoms with van der Waals surface area (Å²) in [6, 6.07) is 7.59. The van der Waals surface area contributed by atoms with Gasteiger partial charge in [-0.25, -0.2) is 9.19 Å². The summed E-state index contributed by atoms with van der Waals surface area (Å²) in [5.41, 5.74) is 2.33. The minimum Gasteiger partial charge on any atom is -0.239 e. The van der Waals surface area contributed by atoms with Gasteiger partial charge in [-0.2, -0.15) is 15.7 Å². The smallest absolute Gasteiger partial charge is 0.145 e. The SMILES string of the molecule is CC(C)(C)[S@](=O)N=C(c1ccsc1)c1cccc(Br)n1. The highest BCUT2D eigenvalue weighted by atomic mass is 79.9. The molecule has 2 heterocycles. The second-order valence-electron chi connectivity index (χ2n) is 5.16.